The van der Waals surface area contributed by atoms with Gasteiger partial charge in [0.25, 0.3) is 0 Å². The smallest absolute Gasteiger partial charge is 0.144 e. The topological polar surface area (TPSA) is 37.9 Å². The van der Waals surface area contributed by atoms with E-state index in [0.29, 0.717) is 11.2 Å². The zero-order valence-electron chi connectivity index (χ0n) is 11.8. The summed E-state index contributed by atoms with van der Waals surface area (Å²) in [6.45, 7) is 7.06. The standard InChI is InChI=1S/C14H21BrN2OS/c1-4-18-14(7-5-9(2)6-8-14)13-16-10(3)11(15)12(19)17-13/h9H,4-8H2,1-3H3,(H,16,17,19). The fourth-order valence-electron chi connectivity index (χ4n) is 2.74. The van der Waals surface area contributed by atoms with Gasteiger partial charge in [-0.2, -0.15) is 0 Å². The number of hydrogen-bond donors (Lipinski definition) is 1. The summed E-state index contributed by atoms with van der Waals surface area (Å²) >= 11 is 8.79. The number of ether oxygens (including phenoxy) is 1. The zero-order chi connectivity index (χ0) is 14.0. The number of hydrogen-bond acceptors (Lipinski definition) is 3. The van der Waals surface area contributed by atoms with E-state index in [2.05, 4.69) is 32.8 Å². The van der Waals surface area contributed by atoms with E-state index in [0.717, 1.165) is 34.8 Å². The Morgan fingerprint density at radius 1 is 1.47 bits per heavy atom. The number of rotatable bonds is 3. The highest BCUT2D eigenvalue weighted by molar-refractivity contribution is 9.10. The van der Waals surface area contributed by atoms with Crippen LogP contribution in [0.2, 0.25) is 0 Å². The van der Waals surface area contributed by atoms with Gasteiger partial charge in [-0.3, -0.25) is 0 Å². The number of aromatic amines is 1. The number of nitrogens with one attached hydrogen (secondary N) is 1. The van der Waals surface area contributed by atoms with Crippen molar-refractivity contribution in [3.63, 3.8) is 0 Å². The van der Waals surface area contributed by atoms with Crippen LogP contribution in [0, 0.1) is 17.5 Å². The van der Waals surface area contributed by atoms with Crippen LogP contribution in [0.4, 0.5) is 0 Å². The molecule has 0 spiro atoms. The molecule has 0 saturated heterocycles. The van der Waals surface area contributed by atoms with Crippen molar-refractivity contribution in [1.82, 2.24) is 9.97 Å². The highest BCUT2D eigenvalue weighted by Crippen LogP contribution is 2.41. The normalized spacial score (nSPS) is 27.5. The lowest BCUT2D eigenvalue weighted by Crippen LogP contribution is -2.36. The summed E-state index contributed by atoms with van der Waals surface area (Å²) in [5.41, 5.74) is 0.744. The Bertz CT molecular complexity index is 507. The van der Waals surface area contributed by atoms with E-state index < -0.39 is 0 Å². The summed E-state index contributed by atoms with van der Waals surface area (Å²) in [4.78, 5) is 7.94. The summed E-state index contributed by atoms with van der Waals surface area (Å²) in [6, 6.07) is 0. The molecule has 0 radical (unpaired) electrons. The SMILES string of the molecule is CCOC1(c2nc(=S)c(Br)c(C)[nH]2)CCC(C)CC1. The second-order valence-electron chi connectivity index (χ2n) is 5.44. The molecule has 0 amide bonds. The van der Waals surface area contributed by atoms with Crippen molar-refractivity contribution in [2.75, 3.05) is 6.61 Å². The Balaban J connectivity index is 2.42. The first-order valence-electron chi connectivity index (χ1n) is 6.89. The van der Waals surface area contributed by atoms with Crippen LogP contribution >= 0.6 is 28.1 Å². The number of aryl methyl sites for hydroxylation is 1. The van der Waals surface area contributed by atoms with E-state index in [-0.39, 0.29) is 5.60 Å². The fourth-order valence-corrected chi connectivity index (χ4v) is 3.17. The predicted octanol–water partition coefficient (Wildman–Crippen LogP) is 4.65. The third kappa shape index (κ3) is 3.09. The van der Waals surface area contributed by atoms with Crippen LogP contribution in [0.5, 0.6) is 0 Å². The van der Waals surface area contributed by atoms with Crippen LogP contribution < -0.4 is 0 Å². The molecule has 2 rings (SSSR count). The van der Waals surface area contributed by atoms with Gasteiger partial charge in [0.1, 0.15) is 16.1 Å². The molecule has 1 aliphatic carbocycles. The van der Waals surface area contributed by atoms with Gasteiger partial charge in [0.15, 0.2) is 0 Å². The van der Waals surface area contributed by atoms with Gasteiger partial charge >= 0.3 is 0 Å². The summed E-state index contributed by atoms with van der Waals surface area (Å²) < 4.78 is 7.59. The largest absolute Gasteiger partial charge is 0.367 e. The van der Waals surface area contributed by atoms with Crippen LogP contribution in [-0.4, -0.2) is 16.6 Å². The Labute approximate surface area is 128 Å². The van der Waals surface area contributed by atoms with E-state index >= 15 is 0 Å². The van der Waals surface area contributed by atoms with Crippen LogP contribution in [0.15, 0.2) is 4.47 Å². The van der Waals surface area contributed by atoms with Crippen molar-refractivity contribution in [2.24, 2.45) is 5.92 Å². The lowest BCUT2D eigenvalue weighted by molar-refractivity contribution is -0.0839. The van der Waals surface area contributed by atoms with Crippen molar-refractivity contribution in [3.05, 3.63) is 20.6 Å². The first kappa shape index (κ1) is 15.1. The Morgan fingerprint density at radius 2 is 2.11 bits per heavy atom. The molecule has 1 aliphatic rings. The molecule has 0 aliphatic heterocycles. The molecule has 0 unspecified atom stereocenters. The van der Waals surface area contributed by atoms with E-state index in [9.17, 15) is 0 Å². The zero-order valence-corrected chi connectivity index (χ0v) is 14.2. The predicted molar refractivity (Wildman–Crippen MR) is 82.8 cm³/mol. The molecule has 5 heteroatoms. The second-order valence-corrected chi connectivity index (χ2v) is 6.62. The van der Waals surface area contributed by atoms with Gasteiger partial charge in [-0.15, -0.1) is 0 Å². The van der Waals surface area contributed by atoms with Crippen molar-refractivity contribution in [2.45, 2.75) is 52.1 Å². The number of H-pyrrole nitrogens is 1. The summed E-state index contributed by atoms with van der Waals surface area (Å²) in [5.74, 6) is 1.67. The molecule has 1 aromatic heterocycles. The number of nitrogens with zero attached hydrogens (tertiary/aromatic N) is 1. The van der Waals surface area contributed by atoms with Crippen molar-refractivity contribution < 1.29 is 4.74 Å². The van der Waals surface area contributed by atoms with Crippen LogP contribution in [0.25, 0.3) is 0 Å². The summed E-state index contributed by atoms with van der Waals surface area (Å²) in [7, 11) is 0. The van der Waals surface area contributed by atoms with E-state index in [1.807, 2.05) is 13.8 Å². The highest BCUT2D eigenvalue weighted by Gasteiger charge is 2.39. The molecular weight excluding hydrogens is 324 g/mol. The third-order valence-electron chi connectivity index (χ3n) is 3.97. The molecule has 0 bridgehead atoms. The monoisotopic (exact) mass is 344 g/mol. The minimum Gasteiger partial charge on any atom is -0.367 e. The molecule has 106 valence electrons. The molecule has 1 N–H and O–H groups in total. The van der Waals surface area contributed by atoms with Crippen molar-refractivity contribution in [3.8, 4) is 0 Å². The lowest BCUT2D eigenvalue weighted by atomic mass is 9.79. The van der Waals surface area contributed by atoms with Gasteiger partial charge in [-0.05, 0) is 61.4 Å². The maximum atomic E-state index is 6.10. The first-order valence-corrected chi connectivity index (χ1v) is 8.09. The van der Waals surface area contributed by atoms with Gasteiger partial charge in [-0.1, -0.05) is 19.1 Å². The van der Waals surface area contributed by atoms with Gasteiger partial charge in [-0.25, -0.2) is 4.98 Å². The van der Waals surface area contributed by atoms with Crippen molar-refractivity contribution in [1.29, 1.82) is 0 Å². The van der Waals surface area contributed by atoms with E-state index in [1.165, 1.54) is 12.8 Å². The lowest BCUT2D eigenvalue weighted by Gasteiger charge is -2.38. The van der Waals surface area contributed by atoms with Crippen LogP contribution in [-0.2, 0) is 10.3 Å². The maximum Gasteiger partial charge on any atom is 0.144 e. The molecular formula is C14H21BrN2OS. The molecule has 0 aromatic carbocycles. The number of halogens is 1. The van der Waals surface area contributed by atoms with Gasteiger partial charge in [0.2, 0.25) is 0 Å². The van der Waals surface area contributed by atoms with Gasteiger partial charge in [0, 0.05) is 12.3 Å². The Kier molecular flexibility index (Phi) is 4.79. The average Bonchev–Trinajstić information content (AvgIpc) is 2.38. The maximum absolute atomic E-state index is 6.10. The Hall–Kier alpha value is -0.260. The second kappa shape index (κ2) is 6.02. The molecule has 3 nitrogen and oxygen atoms in total. The molecule has 19 heavy (non-hydrogen) atoms. The van der Waals surface area contributed by atoms with E-state index in [1.54, 1.807) is 0 Å². The van der Waals surface area contributed by atoms with E-state index in [4.69, 9.17) is 17.0 Å². The fraction of sp³-hybridized carbons (Fsp3) is 0.714. The molecule has 1 heterocycles. The summed E-state index contributed by atoms with van der Waals surface area (Å²) in [6.07, 6.45) is 4.39. The van der Waals surface area contributed by atoms with Gasteiger partial charge < -0.3 is 9.72 Å². The molecule has 1 saturated carbocycles. The minimum atomic E-state index is -0.277. The van der Waals surface area contributed by atoms with Gasteiger partial charge in [0.05, 0.1) is 4.47 Å². The minimum absolute atomic E-state index is 0.277. The molecule has 1 aromatic rings. The quantitative estimate of drug-likeness (QED) is 0.810. The van der Waals surface area contributed by atoms with Crippen molar-refractivity contribution >= 4 is 28.1 Å². The van der Waals surface area contributed by atoms with Crippen LogP contribution in [0.1, 0.15) is 51.0 Å². The molecule has 1 fully saturated rings. The third-order valence-corrected chi connectivity index (χ3v) is 5.50. The van der Waals surface area contributed by atoms with Crippen LogP contribution in [0.3, 0.4) is 0 Å². The highest BCUT2D eigenvalue weighted by atomic mass is 79.9. The number of aromatic nitrogens is 2. The summed E-state index contributed by atoms with van der Waals surface area (Å²) in [5, 5.41) is 0. The molecule has 0 atom stereocenters. The average molecular weight is 345 g/mol. The Morgan fingerprint density at radius 3 is 2.63 bits per heavy atom. The first-order chi connectivity index (χ1) is 8.98.